The Hall–Kier alpha value is -1.50. The van der Waals surface area contributed by atoms with Crippen LogP contribution in [0.1, 0.15) is 37.0 Å². The topological polar surface area (TPSA) is 76.8 Å². The van der Waals surface area contributed by atoms with Crippen molar-refractivity contribution < 1.29 is 14.3 Å². The Labute approximate surface area is 154 Å². The summed E-state index contributed by atoms with van der Waals surface area (Å²) in [6.45, 7) is 8.63. The van der Waals surface area contributed by atoms with Gasteiger partial charge in [0.25, 0.3) is 5.91 Å². The highest BCUT2D eigenvalue weighted by Gasteiger charge is 2.20. The van der Waals surface area contributed by atoms with E-state index < -0.39 is 0 Å². The van der Waals surface area contributed by atoms with Crippen molar-refractivity contribution in [1.82, 2.24) is 10.2 Å². The fourth-order valence-electron chi connectivity index (χ4n) is 2.79. The van der Waals surface area contributed by atoms with Crippen LogP contribution in [0.3, 0.4) is 0 Å². The molecule has 1 fully saturated rings. The lowest BCUT2D eigenvalue weighted by Crippen LogP contribution is -2.35. The number of likely N-dealkylation sites (N-methyl/N-ethyl adjacent to an activating group) is 1. The number of benzene rings is 1. The minimum Gasteiger partial charge on any atom is -0.490 e. The Balaban J connectivity index is 2.01. The number of hydrogen-bond acceptors (Lipinski definition) is 5. The predicted octanol–water partition coefficient (Wildman–Crippen LogP) is 2.55. The molecule has 0 aromatic heterocycles. The number of amides is 1. The quantitative estimate of drug-likeness (QED) is 0.654. The lowest BCUT2D eigenvalue weighted by Gasteiger charge is -2.19. The van der Waals surface area contributed by atoms with Crippen molar-refractivity contribution >= 4 is 23.2 Å². The molecule has 3 N–H and O–H groups in total. The third-order valence-electron chi connectivity index (χ3n) is 4.40. The first kappa shape index (κ1) is 19.8. The van der Waals surface area contributed by atoms with Crippen molar-refractivity contribution in [2.24, 2.45) is 0 Å². The second-order valence-corrected chi connectivity index (χ2v) is 6.51. The van der Waals surface area contributed by atoms with Crippen LogP contribution in [0.5, 0.6) is 5.75 Å². The minimum atomic E-state index is -0.212. The van der Waals surface area contributed by atoms with E-state index >= 15 is 0 Å². The molecule has 0 bridgehead atoms. The smallest absolute Gasteiger partial charge is 0.255 e. The van der Waals surface area contributed by atoms with Gasteiger partial charge in [-0.2, -0.15) is 0 Å². The molecule has 1 aliphatic rings. The lowest BCUT2D eigenvalue weighted by atomic mass is 10.1. The molecule has 1 heterocycles. The Kier molecular flexibility index (Phi) is 7.81. The number of carbonyl (C=O) groups excluding carboxylic acids is 1. The molecule has 1 aliphatic heterocycles. The number of hydrogen-bond donors (Lipinski definition) is 2. The summed E-state index contributed by atoms with van der Waals surface area (Å²) in [5.41, 5.74) is 6.66. The molecule has 7 heteroatoms. The molecule has 1 atom stereocenters. The van der Waals surface area contributed by atoms with Crippen LogP contribution in [0.2, 0.25) is 5.02 Å². The van der Waals surface area contributed by atoms with Crippen molar-refractivity contribution in [2.75, 3.05) is 45.1 Å². The average Bonchev–Trinajstić information content (AvgIpc) is 3.12. The first-order chi connectivity index (χ1) is 12.0. The van der Waals surface area contributed by atoms with Crippen LogP contribution in [0.15, 0.2) is 12.1 Å². The molecule has 0 saturated carbocycles. The average molecular weight is 370 g/mol. The van der Waals surface area contributed by atoms with Gasteiger partial charge in [-0.15, -0.1) is 0 Å². The van der Waals surface area contributed by atoms with E-state index in [4.69, 9.17) is 26.8 Å². The highest BCUT2D eigenvalue weighted by Crippen LogP contribution is 2.29. The zero-order valence-electron chi connectivity index (χ0n) is 15.0. The first-order valence-electron chi connectivity index (χ1n) is 8.89. The van der Waals surface area contributed by atoms with Gasteiger partial charge < -0.3 is 25.4 Å². The summed E-state index contributed by atoms with van der Waals surface area (Å²) in [4.78, 5) is 14.8. The fraction of sp³-hybridized carbons (Fsp3) is 0.611. The van der Waals surface area contributed by atoms with E-state index in [1.165, 1.54) is 0 Å². The zero-order valence-corrected chi connectivity index (χ0v) is 15.8. The van der Waals surface area contributed by atoms with Gasteiger partial charge in [-0.1, -0.05) is 25.4 Å². The lowest BCUT2D eigenvalue weighted by molar-refractivity contribution is 0.0671. The summed E-state index contributed by atoms with van der Waals surface area (Å²) >= 11 is 6.09. The van der Waals surface area contributed by atoms with Gasteiger partial charge in [-0.25, -0.2) is 0 Å². The molecule has 1 saturated heterocycles. The summed E-state index contributed by atoms with van der Waals surface area (Å²) < 4.78 is 11.4. The minimum absolute atomic E-state index is 0.0653. The van der Waals surface area contributed by atoms with Crippen molar-refractivity contribution in [3.05, 3.63) is 22.7 Å². The predicted molar refractivity (Wildman–Crippen MR) is 100 cm³/mol. The summed E-state index contributed by atoms with van der Waals surface area (Å²) in [6, 6.07) is 3.17. The summed E-state index contributed by atoms with van der Waals surface area (Å²) in [5.74, 6) is 0.231. The summed E-state index contributed by atoms with van der Waals surface area (Å²) in [6.07, 6.45) is 2.07. The number of nitrogens with two attached hydrogens (primary N) is 1. The van der Waals surface area contributed by atoms with E-state index in [1.54, 1.807) is 12.1 Å². The maximum atomic E-state index is 12.5. The molecule has 25 heavy (non-hydrogen) atoms. The number of nitrogens with zero attached hydrogens (tertiary/aromatic N) is 1. The Bertz CT molecular complexity index is 573. The molecule has 1 amide bonds. The molecule has 0 radical (unpaired) electrons. The van der Waals surface area contributed by atoms with E-state index in [2.05, 4.69) is 24.1 Å². The molecule has 6 nitrogen and oxygen atoms in total. The largest absolute Gasteiger partial charge is 0.490 e. The van der Waals surface area contributed by atoms with Crippen molar-refractivity contribution in [3.63, 3.8) is 0 Å². The zero-order chi connectivity index (χ0) is 18.2. The molecular formula is C18H28ClN3O3. The second-order valence-electron chi connectivity index (χ2n) is 6.10. The van der Waals surface area contributed by atoms with E-state index in [0.29, 0.717) is 35.2 Å². The standard InChI is InChI=1S/C18H28ClN3O3/c1-3-22(4-2)8-7-21-18(23)14-10-15(19)16(20)11-17(14)25-12-13-6-5-9-24-13/h10-11,13H,3-9,12,20H2,1-2H3,(H,21,23). The first-order valence-corrected chi connectivity index (χ1v) is 9.26. The van der Waals surface area contributed by atoms with Gasteiger partial charge in [-0.3, -0.25) is 4.79 Å². The molecule has 1 aromatic rings. The van der Waals surface area contributed by atoms with E-state index in [1.807, 2.05) is 0 Å². The van der Waals surface area contributed by atoms with Gasteiger partial charge in [0, 0.05) is 25.8 Å². The number of carbonyl (C=O) groups is 1. The Morgan fingerprint density at radius 3 is 2.84 bits per heavy atom. The molecule has 140 valence electrons. The SMILES string of the molecule is CCN(CC)CCNC(=O)c1cc(Cl)c(N)cc1OCC1CCCO1. The van der Waals surface area contributed by atoms with Crippen LogP contribution in [0.4, 0.5) is 5.69 Å². The van der Waals surface area contributed by atoms with Gasteiger partial charge in [0.2, 0.25) is 0 Å². The molecule has 0 spiro atoms. The van der Waals surface area contributed by atoms with E-state index in [0.717, 1.165) is 39.1 Å². The van der Waals surface area contributed by atoms with E-state index in [9.17, 15) is 4.79 Å². The number of rotatable bonds is 9. The molecule has 2 rings (SSSR count). The Morgan fingerprint density at radius 1 is 1.44 bits per heavy atom. The normalized spacial score (nSPS) is 17.0. The number of nitrogens with one attached hydrogen (secondary N) is 1. The van der Waals surface area contributed by atoms with Crippen molar-refractivity contribution in [1.29, 1.82) is 0 Å². The number of halogens is 1. The van der Waals surface area contributed by atoms with Crippen LogP contribution in [-0.4, -0.2) is 56.3 Å². The molecule has 1 unspecified atom stereocenters. The van der Waals surface area contributed by atoms with Gasteiger partial charge >= 0.3 is 0 Å². The monoisotopic (exact) mass is 369 g/mol. The van der Waals surface area contributed by atoms with Gasteiger partial charge in [0.05, 0.1) is 22.4 Å². The van der Waals surface area contributed by atoms with Gasteiger partial charge in [0.1, 0.15) is 12.4 Å². The van der Waals surface area contributed by atoms with Crippen LogP contribution in [0, 0.1) is 0 Å². The third-order valence-corrected chi connectivity index (χ3v) is 4.73. The summed E-state index contributed by atoms with van der Waals surface area (Å²) in [7, 11) is 0. The van der Waals surface area contributed by atoms with Crippen molar-refractivity contribution in [3.8, 4) is 5.75 Å². The van der Waals surface area contributed by atoms with Crippen LogP contribution < -0.4 is 15.8 Å². The van der Waals surface area contributed by atoms with Crippen molar-refractivity contribution in [2.45, 2.75) is 32.8 Å². The van der Waals surface area contributed by atoms with E-state index in [-0.39, 0.29) is 12.0 Å². The maximum Gasteiger partial charge on any atom is 0.255 e. The summed E-state index contributed by atoms with van der Waals surface area (Å²) in [5, 5.41) is 3.27. The second kappa shape index (κ2) is 9.85. The maximum absolute atomic E-state index is 12.5. The molecular weight excluding hydrogens is 342 g/mol. The molecule has 0 aliphatic carbocycles. The highest BCUT2D eigenvalue weighted by molar-refractivity contribution is 6.33. The van der Waals surface area contributed by atoms with Gasteiger partial charge in [0.15, 0.2) is 0 Å². The number of ether oxygens (including phenoxy) is 2. The van der Waals surface area contributed by atoms with Crippen LogP contribution in [-0.2, 0) is 4.74 Å². The highest BCUT2D eigenvalue weighted by atomic mass is 35.5. The third kappa shape index (κ3) is 5.76. The fourth-order valence-corrected chi connectivity index (χ4v) is 2.95. The Morgan fingerprint density at radius 2 is 2.20 bits per heavy atom. The van der Waals surface area contributed by atoms with Gasteiger partial charge in [-0.05, 0) is 32.0 Å². The van der Waals surface area contributed by atoms with Crippen LogP contribution >= 0.6 is 11.6 Å². The number of anilines is 1. The molecule has 1 aromatic carbocycles. The number of nitrogen functional groups attached to an aromatic ring is 1. The van der Waals surface area contributed by atoms with Crippen LogP contribution in [0.25, 0.3) is 0 Å².